The number of aromatic nitrogens is 1. The number of para-hydroxylation sites is 1. The molecule has 1 saturated carbocycles. The highest BCUT2D eigenvalue weighted by Gasteiger charge is 2.78. The van der Waals surface area contributed by atoms with E-state index in [4.69, 9.17) is 15.2 Å². The zero-order valence-electron chi connectivity index (χ0n) is 33.3. The Morgan fingerprint density at radius 3 is 2.59 bits per heavy atom. The van der Waals surface area contributed by atoms with Crippen molar-refractivity contribution in [3.05, 3.63) is 70.9 Å². The molecule has 0 radical (unpaired) electrons. The van der Waals surface area contributed by atoms with Crippen LogP contribution in [0.25, 0.3) is 10.9 Å². The Hall–Kier alpha value is -3.78. The highest BCUT2D eigenvalue weighted by atomic mass is 16.5. The van der Waals surface area contributed by atoms with Crippen LogP contribution in [0.3, 0.4) is 0 Å². The molecule has 3 aromatic rings. The molecule has 1 aromatic heterocycles. The largest absolute Gasteiger partial charge is 0.496 e. The van der Waals surface area contributed by atoms with Gasteiger partial charge in [0.05, 0.1) is 25.9 Å². The first kappa shape index (κ1) is 37.8. The molecular weight excluding hydrogens is 711 g/mol. The maximum absolute atomic E-state index is 15.2. The van der Waals surface area contributed by atoms with E-state index in [1.54, 1.807) is 7.11 Å². The van der Waals surface area contributed by atoms with Gasteiger partial charge in [-0.2, -0.15) is 0 Å². The Balaban J connectivity index is 1.36. The number of nitrogens with two attached hydrogens (primary N) is 1. The van der Waals surface area contributed by atoms with E-state index < -0.39 is 51.3 Å². The monoisotopic (exact) mass is 767 g/mol. The number of esters is 1. The minimum Gasteiger partial charge on any atom is -0.496 e. The van der Waals surface area contributed by atoms with Gasteiger partial charge in [0.25, 0.3) is 0 Å². The summed E-state index contributed by atoms with van der Waals surface area (Å²) in [6, 6.07) is 11.2. The van der Waals surface area contributed by atoms with Crippen molar-refractivity contribution in [2.75, 3.05) is 65.4 Å². The molecule has 6 heterocycles. The number of aliphatic hydroxyl groups is 3. The summed E-state index contributed by atoms with van der Waals surface area (Å²) in [6.45, 7) is 7.34. The Morgan fingerprint density at radius 2 is 1.86 bits per heavy atom. The molecule has 6 aliphatic rings. The molecular formula is C44H57N5O7. The second kappa shape index (κ2) is 12.9. The number of ketones is 1. The smallest absolute Gasteiger partial charge is 0.322 e. The lowest BCUT2D eigenvalue weighted by atomic mass is 9.47. The molecule has 1 aliphatic carbocycles. The van der Waals surface area contributed by atoms with E-state index in [9.17, 15) is 20.1 Å². The molecule has 12 nitrogen and oxygen atoms in total. The predicted molar refractivity (Wildman–Crippen MR) is 213 cm³/mol. The third kappa shape index (κ3) is 4.74. The van der Waals surface area contributed by atoms with Gasteiger partial charge in [-0.15, -0.1) is 0 Å². The van der Waals surface area contributed by atoms with Gasteiger partial charge in [-0.25, -0.2) is 0 Å². The fourth-order valence-corrected chi connectivity index (χ4v) is 13.3. The molecule has 12 heteroatoms. The third-order valence-corrected chi connectivity index (χ3v) is 15.1. The number of nitrogens with one attached hydrogen (secondary N) is 1. The summed E-state index contributed by atoms with van der Waals surface area (Å²) in [7, 11) is 4.95. The molecule has 9 rings (SSSR count). The number of fused-ring (bicyclic) bond motifs is 6. The molecule has 3 fully saturated rings. The second-order valence-electron chi connectivity index (χ2n) is 18.0. The Morgan fingerprint density at radius 1 is 1.07 bits per heavy atom. The van der Waals surface area contributed by atoms with Crippen LogP contribution in [-0.2, 0) is 31.6 Å². The first-order chi connectivity index (χ1) is 26.8. The molecule has 300 valence electrons. The third-order valence-electron chi connectivity index (χ3n) is 15.1. The van der Waals surface area contributed by atoms with Crippen LogP contribution in [0.1, 0.15) is 68.3 Å². The first-order valence-corrected chi connectivity index (χ1v) is 20.4. The van der Waals surface area contributed by atoms with E-state index in [-0.39, 0.29) is 24.9 Å². The number of hydrogen-bond acceptors (Lipinski definition) is 11. The van der Waals surface area contributed by atoms with Crippen molar-refractivity contribution in [2.24, 2.45) is 17.1 Å². The quantitative estimate of drug-likeness (QED) is 0.178. The zero-order valence-corrected chi connectivity index (χ0v) is 33.3. The lowest BCUT2D eigenvalue weighted by Crippen LogP contribution is -2.80. The number of carbonyl (C=O) groups excluding carboxylic acids is 2. The van der Waals surface area contributed by atoms with Gasteiger partial charge in [0, 0.05) is 90.4 Å². The molecule has 5 unspecified atom stereocenters. The number of Topliss-reactive ketones (excluding diaryl/α,β-unsaturated/α-hetero) is 1. The summed E-state index contributed by atoms with van der Waals surface area (Å²) in [4.78, 5) is 40.1. The molecule has 2 saturated heterocycles. The Bertz CT molecular complexity index is 2130. The molecule has 5 aliphatic heterocycles. The predicted octanol–water partition coefficient (Wildman–Crippen LogP) is 2.77. The summed E-state index contributed by atoms with van der Waals surface area (Å²) < 4.78 is 12.3. The highest BCUT2D eigenvalue weighted by molar-refractivity contribution is 5.95. The van der Waals surface area contributed by atoms with Crippen molar-refractivity contribution in [1.29, 1.82) is 0 Å². The van der Waals surface area contributed by atoms with Crippen molar-refractivity contribution >= 4 is 28.3 Å². The van der Waals surface area contributed by atoms with Crippen LogP contribution in [0.5, 0.6) is 5.75 Å². The van der Waals surface area contributed by atoms with Crippen LogP contribution in [0.2, 0.25) is 0 Å². The lowest BCUT2D eigenvalue weighted by molar-refractivity contribution is -0.201. The fourth-order valence-electron chi connectivity index (χ4n) is 13.3. The van der Waals surface area contributed by atoms with Gasteiger partial charge in [-0.05, 0) is 81.3 Å². The summed E-state index contributed by atoms with van der Waals surface area (Å²) in [5.74, 6) is -0.486. The van der Waals surface area contributed by atoms with E-state index in [1.165, 1.54) is 7.11 Å². The van der Waals surface area contributed by atoms with Crippen LogP contribution >= 0.6 is 0 Å². The maximum atomic E-state index is 15.2. The summed E-state index contributed by atoms with van der Waals surface area (Å²) in [5.41, 5.74) is 4.82. The molecule has 1 spiro atoms. The van der Waals surface area contributed by atoms with E-state index >= 15 is 4.79 Å². The van der Waals surface area contributed by atoms with Crippen LogP contribution < -0.4 is 15.4 Å². The number of hydrogen-bond donors (Lipinski definition) is 5. The van der Waals surface area contributed by atoms with Gasteiger partial charge in [0.1, 0.15) is 17.3 Å². The number of H-pyrrole nitrogens is 1. The number of ether oxygens (including phenoxy) is 2. The molecule has 10 atom stereocenters. The minimum absolute atomic E-state index is 0.0483. The van der Waals surface area contributed by atoms with Gasteiger partial charge in [0.2, 0.25) is 0 Å². The zero-order chi connectivity index (χ0) is 39.6. The van der Waals surface area contributed by atoms with Crippen LogP contribution in [-0.4, -0.2) is 132 Å². The molecule has 0 amide bonds. The van der Waals surface area contributed by atoms with Crippen molar-refractivity contribution < 1.29 is 34.4 Å². The van der Waals surface area contributed by atoms with E-state index in [0.29, 0.717) is 63.1 Å². The summed E-state index contributed by atoms with van der Waals surface area (Å²) in [6.07, 6.45) is 5.30. The summed E-state index contributed by atoms with van der Waals surface area (Å²) in [5, 5.41) is 38.3. The Labute approximate surface area is 328 Å². The number of aromatic amines is 1. The average molecular weight is 768 g/mol. The first-order valence-electron chi connectivity index (χ1n) is 20.4. The van der Waals surface area contributed by atoms with Crippen molar-refractivity contribution in [1.82, 2.24) is 14.8 Å². The fraction of sp³-hybridized carbons (Fsp3) is 0.591. The van der Waals surface area contributed by atoms with Gasteiger partial charge in [-0.3, -0.25) is 19.4 Å². The van der Waals surface area contributed by atoms with Crippen molar-refractivity contribution in [3.63, 3.8) is 0 Å². The molecule has 2 bridgehead atoms. The number of benzene rings is 2. The van der Waals surface area contributed by atoms with Crippen molar-refractivity contribution in [3.8, 4) is 5.75 Å². The number of anilines is 1. The van der Waals surface area contributed by atoms with E-state index in [1.807, 2.05) is 50.1 Å². The topological polar surface area (TPSA) is 165 Å². The number of nitrogens with zero attached hydrogens (tertiary/aromatic N) is 3. The lowest BCUT2D eigenvalue weighted by Gasteiger charge is -2.63. The van der Waals surface area contributed by atoms with Gasteiger partial charge in [-0.1, -0.05) is 37.3 Å². The molecule has 2 aromatic carbocycles. The second-order valence-corrected chi connectivity index (χ2v) is 18.0. The van der Waals surface area contributed by atoms with E-state index in [0.717, 1.165) is 46.5 Å². The highest BCUT2D eigenvalue weighted by Crippen LogP contribution is 2.67. The average Bonchev–Trinajstić information content (AvgIpc) is 3.84. The molecule has 6 N–H and O–H groups in total. The number of likely N-dealkylation sites (N-methyl/N-ethyl adjacent to an activating group) is 1. The normalized spacial score (nSPS) is 38.5. The minimum atomic E-state index is -2.15. The van der Waals surface area contributed by atoms with Crippen LogP contribution in [0.4, 0.5) is 5.69 Å². The number of piperidine rings is 1. The van der Waals surface area contributed by atoms with Gasteiger partial charge < -0.3 is 40.4 Å². The van der Waals surface area contributed by atoms with E-state index in [2.05, 4.69) is 39.1 Å². The maximum Gasteiger partial charge on any atom is 0.322 e. The number of rotatable bonds is 7. The number of aliphatic hydroxyl groups excluding tert-OH is 1. The number of methoxy groups -OCH3 is 2. The van der Waals surface area contributed by atoms with Crippen molar-refractivity contribution in [2.45, 2.75) is 92.6 Å². The van der Waals surface area contributed by atoms with Crippen LogP contribution in [0.15, 0.2) is 48.6 Å². The SMILES string of the molecule is CC[C@]12C=CCN3CCC4(c5cc([C@@]6(C(=O)OC)CC7CN(CCc8c6[nH]c6ccccc86)C[C@@](C)(O)C7)c(OC)cc5N(C)C4[C@@](O)(C(=O)CCN)[C@@H]1O)C32. The standard InChI is InChI=1S/C44H57N5O7/c1-6-41-14-9-17-49-19-15-42(36(41)49)29-20-30(33(55-4)21-32(29)47(3)37(42)44(54,38(41)51)34(50)12-16-45)43(39(52)56-5)23-26-22-40(2,53)25-48(24-26)18-13-28-27-10-7-8-11-31(27)46-35(28)43/h7-11,14,20-21,26,36-38,46,51,53-54H,6,12-13,15-19,22-25,45H2,1-5H3/t26?,36?,37?,38-,40+,41-,42?,43+,44+/m1/s1. The number of carbonyl (C=O) groups is 2. The molecule has 56 heavy (non-hydrogen) atoms. The van der Waals surface area contributed by atoms with Gasteiger partial charge in [0.15, 0.2) is 11.4 Å². The Kier molecular flexibility index (Phi) is 8.68. The van der Waals surface area contributed by atoms with Crippen LogP contribution in [0, 0.1) is 11.3 Å². The summed E-state index contributed by atoms with van der Waals surface area (Å²) >= 11 is 0. The van der Waals surface area contributed by atoms with Gasteiger partial charge >= 0.3 is 5.97 Å².